The molecule has 11 nitrogen and oxygen atoms in total. The molecule has 0 saturated carbocycles. The summed E-state index contributed by atoms with van der Waals surface area (Å²) in [5.41, 5.74) is 1.76. The van der Waals surface area contributed by atoms with Gasteiger partial charge in [-0.2, -0.15) is 0 Å². The van der Waals surface area contributed by atoms with Crippen molar-refractivity contribution in [1.29, 1.82) is 0 Å². The first-order chi connectivity index (χ1) is 18.5. The molecule has 2 atom stereocenters. The first-order valence-electron chi connectivity index (χ1n) is 12.6. The smallest absolute Gasteiger partial charge is 0.321 e. The Balaban J connectivity index is 1.34. The third-order valence-electron chi connectivity index (χ3n) is 6.91. The van der Waals surface area contributed by atoms with Crippen molar-refractivity contribution in [1.82, 2.24) is 15.1 Å². The number of aliphatic imine (C=N–C) groups is 1. The Labute approximate surface area is 221 Å². The number of hydrogen-bond acceptors (Lipinski definition) is 10. The topological polar surface area (TPSA) is 111 Å². The molecule has 0 aromatic heterocycles. The predicted octanol–water partition coefficient (Wildman–Crippen LogP) is 1.96. The summed E-state index contributed by atoms with van der Waals surface area (Å²) in [6.45, 7) is 5.80. The maximum atomic E-state index is 13.3. The van der Waals surface area contributed by atoms with Crippen LogP contribution in [0.1, 0.15) is 24.1 Å². The SMILES string of the molecule is CCOC(=O)[C@@H]1C(=O)NC(N2CCN(Cc3ccc4c(c3)OCO4)CC2)=N[C@@H]1c1ccc(OC)cc1OC. The van der Waals surface area contributed by atoms with Crippen LogP contribution in [-0.4, -0.2) is 81.4 Å². The highest BCUT2D eigenvalue weighted by Gasteiger charge is 2.43. The Bertz CT molecular complexity index is 1230. The first-order valence-corrected chi connectivity index (χ1v) is 12.6. The van der Waals surface area contributed by atoms with Gasteiger partial charge in [-0.05, 0) is 36.8 Å². The van der Waals surface area contributed by atoms with Gasteiger partial charge in [-0.3, -0.25) is 19.8 Å². The van der Waals surface area contributed by atoms with Crippen molar-refractivity contribution in [2.75, 3.05) is 53.8 Å². The van der Waals surface area contributed by atoms with E-state index in [0.717, 1.165) is 36.7 Å². The molecule has 11 heteroatoms. The maximum Gasteiger partial charge on any atom is 0.321 e. The van der Waals surface area contributed by atoms with Gasteiger partial charge in [0.1, 0.15) is 17.5 Å². The molecule has 0 bridgehead atoms. The minimum atomic E-state index is -1.13. The normalized spacial score (nSPS) is 21.0. The summed E-state index contributed by atoms with van der Waals surface area (Å²) in [6, 6.07) is 10.5. The maximum absolute atomic E-state index is 13.3. The van der Waals surface area contributed by atoms with Crippen molar-refractivity contribution in [2.24, 2.45) is 10.9 Å². The number of piperazine rings is 1. The van der Waals surface area contributed by atoms with E-state index in [0.29, 0.717) is 36.1 Å². The van der Waals surface area contributed by atoms with E-state index in [4.69, 9.17) is 28.7 Å². The van der Waals surface area contributed by atoms with Gasteiger partial charge in [0.15, 0.2) is 17.4 Å². The number of hydrogen-bond donors (Lipinski definition) is 1. The molecule has 0 unspecified atom stereocenters. The minimum absolute atomic E-state index is 0.164. The van der Waals surface area contributed by atoms with Crippen molar-refractivity contribution < 1.29 is 33.3 Å². The van der Waals surface area contributed by atoms with Crippen LogP contribution in [0.4, 0.5) is 0 Å². The predicted molar refractivity (Wildman–Crippen MR) is 137 cm³/mol. The number of guanidine groups is 1. The zero-order valence-corrected chi connectivity index (χ0v) is 21.8. The second-order valence-corrected chi connectivity index (χ2v) is 9.18. The number of methoxy groups -OCH3 is 2. The number of esters is 1. The van der Waals surface area contributed by atoms with Crippen molar-refractivity contribution in [2.45, 2.75) is 19.5 Å². The van der Waals surface area contributed by atoms with E-state index >= 15 is 0 Å². The molecule has 1 saturated heterocycles. The van der Waals surface area contributed by atoms with Crippen LogP contribution in [0.5, 0.6) is 23.0 Å². The lowest BCUT2D eigenvalue weighted by atomic mass is 9.90. The van der Waals surface area contributed by atoms with Crippen LogP contribution >= 0.6 is 0 Å². The van der Waals surface area contributed by atoms with Gasteiger partial charge in [0.2, 0.25) is 18.7 Å². The molecule has 1 N–H and O–H groups in total. The van der Waals surface area contributed by atoms with Gasteiger partial charge in [-0.25, -0.2) is 4.99 Å². The Hall–Kier alpha value is -3.99. The molecular weight excluding hydrogens is 492 g/mol. The molecular formula is C27H32N4O7. The highest BCUT2D eigenvalue weighted by atomic mass is 16.7. The molecule has 5 rings (SSSR count). The fourth-order valence-corrected chi connectivity index (χ4v) is 4.93. The number of carbonyl (C=O) groups is 2. The van der Waals surface area contributed by atoms with Gasteiger partial charge < -0.3 is 28.6 Å². The van der Waals surface area contributed by atoms with Crippen LogP contribution in [0.15, 0.2) is 41.4 Å². The zero-order chi connectivity index (χ0) is 26.6. The van der Waals surface area contributed by atoms with Crippen LogP contribution in [0.2, 0.25) is 0 Å². The summed E-state index contributed by atoms with van der Waals surface area (Å²) < 4.78 is 27.0. The summed E-state index contributed by atoms with van der Waals surface area (Å²) in [5.74, 6) is 0.874. The molecule has 3 heterocycles. The highest BCUT2D eigenvalue weighted by molar-refractivity contribution is 6.08. The van der Waals surface area contributed by atoms with Gasteiger partial charge in [-0.15, -0.1) is 0 Å². The molecule has 1 amide bonds. The van der Waals surface area contributed by atoms with Crippen LogP contribution in [0.3, 0.4) is 0 Å². The molecule has 3 aliphatic rings. The molecule has 3 aliphatic heterocycles. The van der Waals surface area contributed by atoms with Crippen molar-refractivity contribution >= 4 is 17.8 Å². The van der Waals surface area contributed by atoms with Gasteiger partial charge in [-0.1, -0.05) is 6.07 Å². The van der Waals surface area contributed by atoms with E-state index in [9.17, 15) is 9.59 Å². The molecule has 2 aromatic rings. The van der Waals surface area contributed by atoms with E-state index in [-0.39, 0.29) is 13.4 Å². The van der Waals surface area contributed by atoms with Gasteiger partial charge in [0, 0.05) is 44.4 Å². The Kier molecular flexibility index (Phi) is 7.54. The Morgan fingerprint density at radius 1 is 1.05 bits per heavy atom. The third-order valence-corrected chi connectivity index (χ3v) is 6.91. The fourth-order valence-electron chi connectivity index (χ4n) is 4.93. The fraction of sp³-hybridized carbons (Fsp3) is 0.444. The first kappa shape index (κ1) is 25.7. The number of benzene rings is 2. The van der Waals surface area contributed by atoms with Crippen molar-refractivity contribution in [3.05, 3.63) is 47.5 Å². The Morgan fingerprint density at radius 2 is 1.84 bits per heavy atom. The lowest BCUT2D eigenvalue weighted by Gasteiger charge is -2.39. The standard InChI is InChI=1S/C27H32N4O7/c1-4-36-26(33)23-24(19-7-6-18(34-2)14-21(19)35-3)28-27(29-25(23)32)31-11-9-30(10-12-31)15-17-5-8-20-22(13-17)38-16-37-20/h5-8,13-14,23-24H,4,9-12,15-16H2,1-3H3,(H,28,29,32)/t23-,24+/m0/s1. The lowest BCUT2D eigenvalue weighted by Crippen LogP contribution is -2.57. The molecule has 0 spiro atoms. The number of nitrogens with zero attached hydrogens (tertiary/aromatic N) is 3. The molecule has 0 radical (unpaired) electrons. The van der Waals surface area contributed by atoms with Crippen LogP contribution in [0, 0.1) is 5.92 Å². The largest absolute Gasteiger partial charge is 0.497 e. The summed E-state index contributed by atoms with van der Waals surface area (Å²) in [7, 11) is 3.09. The number of ether oxygens (including phenoxy) is 5. The molecule has 202 valence electrons. The summed E-state index contributed by atoms with van der Waals surface area (Å²) in [4.78, 5) is 35.3. The molecule has 2 aromatic carbocycles. The van der Waals surface area contributed by atoms with Gasteiger partial charge in [0.25, 0.3) is 0 Å². The number of carbonyl (C=O) groups excluding carboxylic acids is 2. The quantitative estimate of drug-likeness (QED) is 0.429. The summed E-state index contributed by atoms with van der Waals surface area (Å²) >= 11 is 0. The summed E-state index contributed by atoms with van der Waals surface area (Å²) in [6.07, 6.45) is 0. The van der Waals surface area contributed by atoms with Crippen LogP contribution in [0.25, 0.3) is 0 Å². The number of rotatable bonds is 7. The second-order valence-electron chi connectivity index (χ2n) is 9.18. The third kappa shape index (κ3) is 5.19. The van der Waals surface area contributed by atoms with Crippen molar-refractivity contribution in [3.63, 3.8) is 0 Å². The van der Waals surface area contributed by atoms with E-state index in [1.54, 1.807) is 32.2 Å². The number of amides is 1. The van der Waals surface area contributed by atoms with E-state index < -0.39 is 23.8 Å². The van der Waals surface area contributed by atoms with Crippen molar-refractivity contribution in [3.8, 4) is 23.0 Å². The highest BCUT2D eigenvalue weighted by Crippen LogP contribution is 2.38. The molecule has 38 heavy (non-hydrogen) atoms. The average Bonchev–Trinajstić information content (AvgIpc) is 3.40. The molecule has 0 aliphatic carbocycles. The lowest BCUT2D eigenvalue weighted by molar-refractivity contribution is -0.153. The summed E-state index contributed by atoms with van der Waals surface area (Å²) in [5, 5.41) is 2.85. The second kappa shape index (κ2) is 11.2. The zero-order valence-electron chi connectivity index (χ0n) is 21.8. The number of fused-ring (bicyclic) bond motifs is 1. The van der Waals surface area contributed by atoms with E-state index in [2.05, 4.69) is 10.2 Å². The van der Waals surface area contributed by atoms with Gasteiger partial charge in [0.05, 0.1) is 20.8 Å². The average molecular weight is 525 g/mol. The minimum Gasteiger partial charge on any atom is -0.497 e. The van der Waals surface area contributed by atoms with Crippen LogP contribution in [-0.2, 0) is 20.9 Å². The Morgan fingerprint density at radius 3 is 2.58 bits per heavy atom. The van der Waals surface area contributed by atoms with E-state index in [1.165, 1.54) is 7.11 Å². The van der Waals surface area contributed by atoms with Gasteiger partial charge >= 0.3 is 5.97 Å². The molecule has 1 fully saturated rings. The monoisotopic (exact) mass is 524 g/mol. The number of nitrogens with one attached hydrogen (secondary N) is 1. The van der Waals surface area contributed by atoms with E-state index in [1.807, 2.05) is 23.1 Å². The van der Waals surface area contributed by atoms with Crippen LogP contribution < -0.4 is 24.3 Å².